The molecule has 2 aromatic rings. The van der Waals surface area contributed by atoms with E-state index < -0.39 is 0 Å². The van der Waals surface area contributed by atoms with Gasteiger partial charge in [-0.2, -0.15) is 0 Å². The van der Waals surface area contributed by atoms with E-state index in [9.17, 15) is 0 Å². The minimum absolute atomic E-state index is 0.486. The van der Waals surface area contributed by atoms with Crippen LogP contribution in [-0.4, -0.2) is 15.0 Å². The zero-order chi connectivity index (χ0) is 13.3. The second kappa shape index (κ2) is 8.58. The van der Waals surface area contributed by atoms with E-state index in [1.54, 1.807) is 11.3 Å². The molecular formula is C17H22SSe. The molecule has 0 nitrogen and oxygen atoms in total. The number of benzene rings is 1. The van der Waals surface area contributed by atoms with E-state index in [2.05, 4.69) is 48.0 Å². The quantitative estimate of drug-likeness (QED) is 0.506. The van der Waals surface area contributed by atoms with Gasteiger partial charge in [0.1, 0.15) is 0 Å². The standard InChI is InChI=1S/C17H22SSe/c1-2-3-4-5-6-7-15-8-10-16(11-9-15)19-17-12-13-18-14-17/h8-14H,2-7H2,1H3. The van der Waals surface area contributed by atoms with Crippen LogP contribution in [0.2, 0.25) is 0 Å². The SMILES string of the molecule is CCCCCCCc1ccc([Se]c2ccsc2)cc1. The summed E-state index contributed by atoms with van der Waals surface area (Å²) < 4.78 is 2.98. The molecule has 2 heteroatoms. The van der Waals surface area contributed by atoms with Crippen molar-refractivity contribution in [1.82, 2.24) is 0 Å². The molecule has 0 aliphatic rings. The molecule has 19 heavy (non-hydrogen) atoms. The van der Waals surface area contributed by atoms with Crippen molar-refractivity contribution in [2.75, 3.05) is 0 Å². The molecule has 0 bridgehead atoms. The summed E-state index contributed by atoms with van der Waals surface area (Å²) in [6, 6.07) is 11.5. The van der Waals surface area contributed by atoms with Gasteiger partial charge in [-0.3, -0.25) is 0 Å². The van der Waals surface area contributed by atoms with Crippen LogP contribution in [0.15, 0.2) is 41.1 Å². The van der Waals surface area contributed by atoms with Gasteiger partial charge in [0, 0.05) is 0 Å². The second-order valence-electron chi connectivity index (χ2n) is 4.87. The molecule has 0 saturated carbocycles. The van der Waals surface area contributed by atoms with Crippen molar-refractivity contribution in [3.8, 4) is 0 Å². The number of aryl methyl sites for hydroxylation is 1. The average molecular weight is 337 g/mol. The molecule has 1 aromatic heterocycles. The summed E-state index contributed by atoms with van der Waals surface area (Å²) in [6.07, 6.45) is 8.09. The van der Waals surface area contributed by atoms with Crippen LogP contribution in [0.4, 0.5) is 0 Å². The topological polar surface area (TPSA) is 0 Å². The van der Waals surface area contributed by atoms with E-state index in [4.69, 9.17) is 0 Å². The van der Waals surface area contributed by atoms with Crippen molar-refractivity contribution in [2.24, 2.45) is 0 Å². The molecule has 0 spiro atoms. The molecule has 0 amide bonds. The second-order valence-corrected chi connectivity index (χ2v) is 8.06. The molecule has 0 radical (unpaired) electrons. The molecule has 0 saturated heterocycles. The monoisotopic (exact) mass is 338 g/mol. The fourth-order valence-electron chi connectivity index (χ4n) is 2.10. The Bertz CT molecular complexity index is 445. The van der Waals surface area contributed by atoms with E-state index in [-0.39, 0.29) is 0 Å². The average Bonchev–Trinajstić information content (AvgIpc) is 2.93. The van der Waals surface area contributed by atoms with Gasteiger partial charge < -0.3 is 0 Å². The van der Waals surface area contributed by atoms with Crippen molar-refractivity contribution in [1.29, 1.82) is 0 Å². The molecule has 0 unspecified atom stereocenters. The first-order valence-electron chi connectivity index (χ1n) is 7.17. The van der Waals surface area contributed by atoms with Crippen LogP contribution in [-0.2, 0) is 6.42 Å². The Balaban J connectivity index is 1.75. The number of hydrogen-bond donors (Lipinski definition) is 0. The predicted octanol–water partition coefficient (Wildman–Crippen LogP) is 3.92. The first-order chi connectivity index (χ1) is 9.38. The van der Waals surface area contributed by atoms with Crippen LogP contribution in [0.1, 0.15) is 44.6 Å². The number of thiophene rings is 1. The van der Waals surface area contributed by atoms with Crippen molar-refractivity contribution < 1.29 is 0 Å². The number of rotatable bonds is 8. The van der Waals surface area contributed by atoms with Gasteiger partial charge in [-0.25, -0.2) is 0 Å². The maximum absolute atomic E-state index is 2.32. The Morgan fingerprint density at radius 1 is 0.895 bits per heavy atom. The normalized spacial score (nSPS) is 10.8. The van der Waals surface area contributed by atoms with Gasteiger partial charge in [-0.1, -0.05) is 0 Å². The number of hydrogen-bond acceptors (Lipinski definition) is 1. The van der Waals surface area contributed by atoms with Crippen LogP contribution in [0, 0.1) is 0 Å². The van der Waals surface area contributed by atoms with E-state index in [0.29, 0.717) is 15.0 Å². The molecule has 102 valence electrons. The van der Waals surface area contributed by atoms with Gasteiger partial charge in [0.2, 0.25) is 0 Å². The Morgan fingerprint density at radius 2 is 1.68 bits per heavy atom. The summed E-state index contributed by atoms with van der Waals surface area (Å²) in [6.45, 7) is 2.27. The summed E-state index contributed by atoms with van der Waals surface area (Å²) in [4.78, 5) is 0. The summed E-state index contributed by atoms with van der Waals surface area (Å²) in [5.41, 5.74) is 1.50. The van der Waals surface area contributed by atoms with Gasteiger partial charge in [-0.05, 0) is 0 Å². The van der Waals surface area contributed by atoms with Crippen LogP contribution >= 0.6 is 11.3 Å². The van der Waals surface area contributed by atoms with Gasteiger partial charge in [0.05, 0.1) is 0 Å². The third-order valence-corrected chi connectivity index (χ3v) is 6.34. The molecule has 0 N–H and O–H groups in total. The Labute approximate surface area is 127 Å². The van der Waals surface area contributed by atoms with Crippen molar-refractivity contribution in [3.05, 3.63) is 46.7 Å². The van der Waals surface area contributed by atoms with E-state index in [0.717, 1.165) is 0 Å². The Hall–Kier alpha value is -0.561. The molecule has 0 fully saturated rings. The van der Waals surface area contributed by atoms with Gasteiger partial charge in [0.25, 0.3) is 0 Å². The van der Waals surface area contributed by atoms with Crippen LogP contribution < -0.4 is 8.92 Å². The van der Waals surface area contributed by atoms with E-state index in [1.165, 1.54) is 53.0 Å². The minimum atomic E-state index is 0.486. The van der Waals surface area contributed by atoms with E-state index in [1.807, 2.05) is 0 Å². The fourth-order valence-corrected chi connectivity index (χ4v) is 4.94. The third kappa shape index (κ3) is 5.52. The fraction of sp³-hybridized carbons (Fsp3) is 0.412. The summed E-state index contributed by atoms with van der Waals surface area (Å²) in [5.74, 6) is 0. The molecule has 1 aromatic carbocycles. The van der Waals surface area contributed by atoms with Gasteiger partial charge in [-0.15, -0.1) is 0 Å². The molecular weight excluding hydrogens is 315 g/mol. The van der Waals surface area contributed by atoms with Gasteiger partial charge in [0.15, 0.2) is 0 Å². The summed E-state index contributed by atoms with van der Waals surface area (Å²) in [5, 5.41) is 4.43. The van der Waals surface area contributed by atoms with Crippen LogP contribution in [0.25, 0.3) is 0 Å². The van der Waals surface area contributed by atoms with E-state index >= 15 is 0 Å². The van der Waals surface area contributed by atoms with Crippen LogP contribution in [0.5, 0.6) is 0 Å². The zero-order valence-electron chi connectivity index (χ0n) is 11.6. The zero-order valence-corrected chi connectivity index (χ0v) is 14.1. The third-order valence-electron chi connectivity index (χ3n) is 3.22. The van der Waals surface area contributed by atoms with Crippen molar-refractivity contribution in [3.63, 3.8) is 0 Å². The molecule has 1 heterocycles. The van der Waals surface area contributed by atoms with Crippen molar-refractivity contribution >= 4 is 35.2 Å². The summed E-state index contributed by atoms with van der Waals surface area (Å²) >= 11 is 2.28. The van der Waals surface area contributed by atoms with Crippen LogP contribution in [0.3, 0.4) is 0 Å². The Morgan fingerprint density at radius 3 is 2.37 bits per heavy atom. The van der Waals surface area contributed by atoms with Gasteiger partial charge >= 0.3 is 127 Å². The Kier molecular flexibility index (Phi) is 6.70. The molecule has 0 aliphatic carbocycles. The summed E-state index contributed by atoms with van der Waals surface area (Å²) in [7, 11) is 0. The molecule has 0 atom stereocenters. The number of unbranched alkanes of at least 4 members (excludes halogenated alkanes) is 4. The first kappa shape index (κ1) is 14.8. The first-order valence-corrected chi connectivity index (χ1v) is 9.83. The predicted molar refractivity (Wildman–Crippen MR) is 88.2 cm³/mol. The maximum atomic E-state index is 2.32. The van der Waals surface area contributed by atoms with Crippen molar-refractivity contribution in [2.45, 2.75) is 45.4 Å². The molecule has 0 aliphatic heterocycles. The molecule has 2 rings (SSSR count).